The van der Waals surface area contributed by atoms with Crippen molar-refractivity contribution in [3.8, 4) is 11.8 Å². The Morgan fingerprint density at radius 2 is 2.00 bits per heavy atom. The lowest BCUT2D eigenvalue weighted by molar-refractivity contribution is 0.0676. The number of anilines is 1. The lowest BCUT2D eigenvalue weighted by Gasteiger charge is -2.51. The number of piperazine rings is 1. The molecular formula is C37H40FN7O3. The van der Waals surface area contributed by atoms with E-state index in [1.54, 1.807) is 18.2 Å². The number of nitrogens with two attached hydrogens (primary N) is 1. The Morgan fingerprint density at radius 3 is 2.77 bits per heavy atom. The molecule has 2 amide bonds. The number of rotatable bonds is 7. The van der Waals surface area contributed by atoms with Crippen LogP contribution in [-0.4, -0.2) is 106 Å². The fourth-order valence-corrected chi connectivity index (χ4v) is 8.88. The number of aromatic nitrogens is 2. The molecule has 6 aliphatic rings. The second kappa shape index (κ2) is 11.8. The molecule has 0 spiro atoms. The Kier molecular flexibility index (Phi) is 7.58. The smallest absolute Gasteiger partial charge is 0.319 e. The van der Waals surface area contributed by atoms with Gasteiger partial charge in [-0.25, -0.2) is 9.18 Å². The third kappa shape index (κ3) is 4.99. The fourth-order valence-electron chi connectivity index (χ4n) is 8.88. The zero-order chi connectivity index (χ0) is 33.2. The molecule has 48 heavy (non-hydrogen) atoms. The molecule has 5 heterocycles. The first-order valence-corrected chi connectivity index (χ1v) is 17.0. The van der Waals surface area contributed by atoms with E-state index in [9.17, 15) is 9.90 Å². The highest BCUT2D eigenvalue weighted by molar-refractivity contribution is 5.99. The van der Waals surface area contributed by atoms with Crippen molar-refractivity contribution in [2.75, 3.05) is 57.8 Å². The van der Waals surface area contributed by atoms with E-state index >= 15 is 4.39 Å². The van der Waals surface area contributed by atoms with Crippen molar-refractivity contribution < 1.29 is 19.0 Å². The largest absolute Gasteiger partial charge is 0.508 e. The molecule has 4 atom stereocenters. The summed E-state index contributed by atoms with van der Waals surface area (Å²) in [7, 11) is 2.08. The number of fused-ring (bicyclic) bond motifs is 4. The molecule has 0 saturated carbocycles. The van der Waals surface area contributed by atoms with E-state index in [-0.39, 0.29) is 46.7 Å². The van der Waals surface area contributed by atoms with E-state index in [2.05, 4.69) is 56.6 Å². The van der Waals surface area contributed by atoms with Crippen LogP contribution in [0.25, 0.3) is 29.3 Å². The number of ether oxygens (including phenoxy) is 1. The molecule has 1 aromatic heterocycles. The van der Waals surface area contributed by atoms with Crippen LogP contribution in [0.2, 0.25) is 0 Å². The van der Waals surface area contributed by atoms with Gasteiger partial charge in [0.15, 0.2) is 11.6 Å². The zero-order valence-corrected chi connectivity index (χ0v) is 27.4. The minimum absolute atomic E-state index is 0.000254. The van der Waals surface area contributed by atoms with Crippen LogP contribution < -0.4 is 25.9 Å². The van der Waals surface area contributed by atoms with Crippen molar-refractivity contribution in [2.24, 2.45) is 11.7 Å². The van der Waals surface area contributed by atoms with E-state index in [0.29, 0.717) is 47.4 Å². The molecule has 11 heteroatoms. The Hall–Kier alpha value is -4.58. The highest BCUT2D eigenvalue weighted by Crippen LogP contribution is 2.47. The summed E-state index contributed by atoms with van der Waals surface area (Å²) in [4.78, 5) is 31.4. The summed E-state index contributed by atoms with van der Waals surface area (Å²) in [5.74, 6) is 0.176. The summed E-state index contributed by atoms with van der Waals surface area (Å²) in [6.07, 6.45) is 8.20. The number of carbonyl (C=O) groups is 1. The van der Waals surface area contributed by atoms with Crippen LogP contribution in [0.15, 0.2) is 29.3 Å². The van der Waals surface area contributed by atoms with Crippen molar-refractivity contribution in [2.45, 2.75) is 56.7 Å². The van der Waals surface area contributed by atoms with Gasteiger partial charge in [-0.1, -0.05) is 29.8 Å². The Balaban J connectivity index is 1.27. The lowest BCUT2D eigenvalue weighted by Crippen LogP contribution is -2.68. The summed E-state index contributed by atoms with van der Waals surface area (Å²) in [6, 6.07) is 2.98. The SMILES string of the molecule is CCN1CCC(C23CCC(CN(c4nc(OCC5CCCN5C)nc5c4=C=C=C(c4cc(O)cc6c4C=C=C=C6)C=5F)C2)N3C(N)=O)C1. The molecule has 2 aromatic rings. The lowest BCUT2D eigenvalue weighted by atomic mass is 9.79. The first-order valence-electron chi connectivity index (χ1n) is 17.0. The quantitative estimate of drug-likeness (QED) is 0.376. The third-order valence-corrected chi connectivity index (χ3v) is 11.3. The molecule has 1 aromatic carbocycles. The number of aromatic hydroxyl groups is 1. The van der Waals surface area contributed by atoms with Crippen molar-refractivity contribution in [1.29, 1.82) is 0 Å². The van der Waals surface area contributed by atoms with E-state index < -0.39 is 11.4 Å². The number of primary amides is 1. The number of hydrogen-bond acceptors (Lipinski definition) is 8. The molecule has 2 aliphatic carbocycles. The number of urea groups is 1. The monoisotopic (exact) mass is 649 g/mol. The second-order valence-corrected chi connectivity index (χ2v) is 13.9. The van der Waals surface area contributed by atoms with Gasteiger partial charge in [-0.15, -0.1) is 0 Å². The van der Waals surface area contributed by atoms with Crippen LogP contribution in [-0.2, 0) is 0 Å². The van der Waals surface area contributed by atoms with Crippen LogP contribution in [0.3, 0.4) is 0 Å². The van der Waals surface area contributed by atoms with Crippen LogP contribution in [0.5, 0.6) is 11.8 Å². The van der Waals surface area contributed by atoms with Gasteiger partial charge in [0.05, 0.1) is 22.4 Å². The second-order valence-electron chi connectivity index (χ2n) is 13.9. The minimum Gasteiger partial charge on any atom is -0.508 e. The molecular weight excluding hydrogens is 609 g/mol. The summed E-state index contributed by atoms with van der Waals surface area (Å²) in [6.45, 7) is 7.43. The van der Waals surface area contributed by atoms with Gasteiger partial charge < -0.3 is 35.2 Å². The molecule has 0 radical (unpaired) electrons. The predicted molar refractivity (Wildman–Crippen MR) is 181 cm³/mol. The van der Waals surface area contributed by atoms with Gasteiger partial charge in [0.1, 0.15) is 17.7 Å². The minimum atomic E-state index is -0.599. The van der Waals surface area contributed by atoms with Crippen molar-refractivity contribution in [3.63, 3.8) is 0 Å². The number of nitrogens with zero attached hydrogens (tertiary/aromatic N) is 6. The summed E-state index contributed by atoms with van der Waals surface area (Å²) < 4.78 is 23.1. The number of hydrogen-bond donors (Lipinski definition) is 2. The number of carbonyl (C=O) groups excluding carboxylic acids is 1. The van der Waals surface area contributed by atoms with Crippen molar-refractivity contribution in [1.82, 2.24) is 24.7 Å². The van der Waals surface area contributed by atoms with Gasteiger partial charge in [-0.05, 0) is 100 Å². The predicted octanol–water partition coefficient (Wildman–Crippen LogP) is 2.60. The van der Waals surface area contributed by atoms with E-state index in [1.165, 1.54) is 6.07 Å². The first kappa shape index (κ1) is 30.7. The Bertz CT molecular complexity index is 2020. The van der Waals surface area contributed by atoms with Gasteiger partial charge in [0, 0.05) is 31.2 Å². The van der Waals surface area contributed by atoms with Gasteiger partial charge in [0.2, 0.25) is 0 Å². The summed E-state index contributed by atoms with van der Waals surface area (Å²) in [5.41, 5.74) is 19.7. The fraction of sp³-hybridized carbons (Fsp3) is 0.486. The number of phenols is 1. The zero-order valence-electron chi connectivity index (χ0n) is 27.4. The number of allylic oxidation sites excluding steroid dienone is 1. The summed E-state index contributed by atoms with van der Waals surface area (Å²) >= 11 is 0. The van der Waals surface area contributed by atoms with E-state index in [4.69, 9.17) is 15.5 Å². The van der Waals surface area contributed by atoms with Crippen molar-refractivity contribution >= 4 is 41.1 Å². The molecule has 4 saturated heterocycles. The van der Waals surface area contributed by atoms with Crippen molar-refractivity contribution in [3.05, 3.63) is 56.6 Å². The van der Waals surface area contributed by atoms with Crippen LogP contribution in [0.1, 0.15) is 55.7 Å². The Labute approximate surface area is 279 Å². The standard InChI is InChI=1S/C37H40FN7O3/c1-3-43-16-13-24(19-43)37-14-12-25(45(37)35(39)47)20-44(22-37)34-30-11-10-29(31-18-27(46)17-23-7-4-5-9-28(23)31)32(38)33(30)40-36(41-34)48-21-26-8-6-15-42(26)2/h7,9,17-18,24-26,46H,3,6,8,12-16,19-22H2,1-2H3,(H2,39,47). The van der Waals surface area contributed by atoms with Gasteiger partial charge >= 0.3 is 12.0 Å². The maximum Gasteiger partial charge on any atom is 0.319 e. The molecule has 4 fully saturated rings. The van der Waals surface area contributed by atoms with Crippen LogP contribution in [0, 0.1) is 5.92 Å². The highest BCUT2D eigenvalue weighted by atomic mass is 19.1. The number of halogens is 1. The molecule has 8 rings (SSSR count). The van der Waals surface area contributed by atoms with Crippen LogP contribution >= 0.6 is 0 Å². The Morgan fingerprint density at radius 1 is 1.15 bits per heavy atom. The number of benzene rings is 1. The number of likely N-dealkylation sites (tertiary alicyclic amines) is 2. The molecule has 4 aliphatic heterocycles. The third-order valence-electron chi connectivity index (χ3n) is 11.3. The number of likely N-dealkylation sites (N-methyl/N-ethyl adjacent to an activating group) is 1. The molecule has 248 valence electrons. The number of phenolic OH excluding ortho intramolecular Hbond substituents is 1. The van der Waals surface area contributed by atoms with Crippen LogP contribution in [0.4, 0.5) is 15.0 Å². The van der Waals surface area contributed by atoms with E-state index in [1.807, 2.05) is 4.90 Å². The van der Waals surface area contributed by atoms with Gasteiger partial charge in [-0.3, -0.25) is 0 Å². The average molecular weight is 650 g/mol. The van der Waals surface area contributed by atoms with Gasteiger partial charge in [-0.2, -0.15) is 9.97 Å². The first-order chi connectivity index (χ1) is 23.3. The van der Waals surface area contributed by atoms with Gasteiger partial charge in [0.25, 0.3) is 0 Å². The summed E-state index contributed by atoms with van der Waals surface area (Å²) in [5, 5.41) is 11.0. The molecule has 4 unspecified atom stereocenters. The highest BCUT2D eigenvalue weighted by Gasteiger charge is 2.58. The number of amides is 2. The topological polar surface area (TPSA) is 111 Å². The average Bonchev–Trinajstić information content (AvgIpc) is 3.80. The maximum atomic E-state index is 16.9. The van der Waals surface area contributed by atoms with E-state index in [0.717, 1.165) is 58.3 Å². The maximum absolute atomic E-state index is 16.9. The normalized spacial score (nSPS) is 27.4. The molecule has 2 bridgehead atoms. The molecule has 10 nitrogen and oxygen atoms in total. The molecule has 3 N–H and O–H groups in total.